The number of nitrogens with zero attached hydrogens (tertiary/aromatic N) is 1. The van der Waals surface area contributed by atoms with E-state index in [9.17, 15) is 4.79 Å². The summed E-state index contributed by atoms with van der Waals surface area (Å²) in [5.74, 6) is 1.11. The van der Waals surface area contributed by atoms with Crippen molar-refractivity contribution in [2.45, 2.75) is 38.8 Å². The highest BCUT2D eigenvalue weighted by molar-refractivity contribution is 7.08. The second kappa shape index (κ2) is 10.1. The third-order valence-electron chi connectivity index (χ3n) is 5.94. The molecular weight excluding hydrogens is 404 g/mol. The molecule has 0 aliphatic carbocycles. The zero-order valence-electron chi connectivity index (χ0n) is 18.2. The van der Waals surface area contributed by atoms with Crippen molar-refractivity contribution in [2.75, 3.05) is 19.7 Å². The maximum Gasteiger partial charge on any atom is 0.258 e. The number of carbonyl (C=O) groups excluding carboxylic acids is 1. The fourth-order valence-electron chi connectivity index (χ4n) is 4.07. The molecule has 1 aliphatic heterocycles. The monoisotopic (exact) mass is 434 g/mol. The summed E-state index contributed by atoms with van der Waals surface area (Å²) >= 11 is 1.70. The molecule has 2 heterocycles. The minimum atomic E-state index is -0.0921. The smallest absolute Gasteiger partial charge is 0.258 e. The largest absolute Gasteiger partial charge is 0.484 e. The number of ether oxygens (including phenoxy) is 1. The number of hydrogen-bond donors (Lipinski definition) is 1. The average Bonchev–Trinajstić information content (AvgIpc) is 3.32. The molecule has 0 spiro atoms. The molecule has 31 heavy (non-hydrogen) atoms. The van der Waals surface area contributed by atoms with E-state index in [1.54, 1.807) is 11.3 Å². The van der Waals surface area contributed by atoms with E-state index in [-0.39, 0.29) is 18.6 Å². The molecule has 1 aromatic heterocycles. The lowest BCUT2D eigenvalue weighted by Gasteiger charge is -2.35. The summed E-state index contributed by atoms with van der Waals surface area (Å²) in [7, 11) is 0. The molecule has 0 radical (unpaired) electrons. The Morgan fingerprint density at radius 3 is 2.55 bits per heavy atom. The van der Waals surface area contributed by atoms with Crippen LogP contribution in [-0.4, -0.2) is 30.5 Å². The van der Waals surface area contributed by atoms with Gasteiger partial charge in [0.25, 0.3) is 5.91 Å². The molecule has 0 saturated carbocycles. The maximum absolute atomic E-state index is 12.5. The topological polar surface area (TPSA) is 41.6 Å². The molecule has 1 unspecified atom stereocenters. The number of hydrogen-bond acceptors (Lipinski definition) is 4. The predicted octanol–water partition coefficient (Wildman–Crippen LogP) is 5.17. The van der Waals surface area contributed by atoms with Crippen molar-refractivity contribution < 1.29 is 9.53 Å². The number of nitrogens with one attached hydrogen (secondary N) is 1. The maximum atomic E-state index is 12.5. The summed E-state index contributed by atoms with van der Waals surface area (Å²) in [5.41, 5.74) is 5.34. The van der Waals surface area contributed by atoms with Crippen LogP contribution in [0.25, 0.3) is 0 Å². The highest BCUT2D eigenvalue weighted by Gasteiger charge is 2.25. The van der Waals surface area contributed by atoms with Gasteiger partial charge >= 0.3 is 0 Å². The van der Waals surface area contributed by atoms with Gasteiger partial charge in [-0.25, -0.2) is 0 Å². The van der Waals surface area contributed by atoms with Crippen LogP contribution in [0.1, 0.15) is 48.1 Å². The summed E-state index contributed by atoms with van der Waals surface area (Å²) in [6.07, 6.45) is 1.04. The van der Waals surface area contributed by atoms with E-state index in [0.29, 0.717) is 12.5 Å². The lowest BCUT2D eigenvalue weighted by molar-refractivity contribution is -0.123. The number of carbonyl (C=O) groups is 1. The van der Waals surface area contributed by atoms with Crippen LogP contribution in [0.2, 0.25) is 0 Å². The van der Waals surface area contributed by atoms with Gasteiger partial charge in [-0.1, -0.05) is 50.2 Å². The molecule has 3 aromatic rings. The molecule has 2 aromatic carbocycles. The molecule has 0 fully saturated rings. The van der Waals surface area contributed by atoms with Crippen LogP contribution in [0.5, 0.6) is 5.75 Å². The van der Waals surface area contributed by atoms with Crippen LogP contribution < -0.4 is 10.1 Å². The molecule has 5 heteroatoms. The Morgan fingerprint density at radius 2 is 1.84 bits per heavy atom. The number of amides is 1. The zero-order chi connectivity index (χ0) is 21.6. The van der Waals surface area contributed by atoms with Gasteiger partial charge in [-0.05, 0) is 63.6 Å². The van der Waals surface area contributed by atoms with E-state index in [4.69, 9.17) is 4.74 Å². The lowest BCUT2D eigenvalue weighted by atomic mass is 9.97. The van der Waals surface area contributed by atoms with Crippen molar-refractivity contribution >= 4 is 17.2 Å². The van der Waals surface area contributed by atoms with E-state index in [2.05, 4.69) is 77.3 Å². The van der Waals surface area contributed by atoms with E-state index < -0.39 is 0 Å². The quantitative estimate of drug-likeness (QED) is 0.532. The highest BCUT2D eigenvalue weighted by Crippen LogP contribution is 2.28. The van der Waals surface area contributed by atoms with E-state index in [0.717, 1.165) is 25.3 Å². The Labute approximate surface area is 188 Å². The molecule has 4 nitrogen and oxygen atoms in total. The Hall–Kier alpha value is -2.63. The molecule has 0 bridgehead atoms. The molecule has 162 valence electrons. The van der Waals surface area contributed by atoms with Gasteiger partial charge in [0.15, 0.2) is 6.61 Å². The van der Waals surface area contributed by atoms with Gasteiger partial charge in [-0.3, -0.25) is 9.69 Å². The SMILES string of the molecule is CC(C)c1ccc(OCC(=O)NCC(c2ccsc2)N2CCc3ccccc3C2)cc1. The van der Waals surface area contributed by atoms with Gasteiger partial charge in [0.2, 0.25) is 0 Å². The van der Waals surface area contributed by atoms with Crippen molar-refractivity contribution in [3.63, 3.8) is 0 Å². The molecule has 1 aliphatic rings. The second-order valence-corrected chi connectivity index (χ2v) is 9.16. The molecule has 0 saturated heterocycles. The van der Waals surface area contributed by atoms with Gasteiger partial charge in [-0.2, -0.15) is 11.3 Å². The first-order valence-corrected chi connectivity index (χ1v) is 11.9. The van der Waals surface area contributed by atoms with Gasteiger partial charge in [0.05, 0.1) is 6.04 Å². The number of benzene rings is 2. The van der Waals surface area contributed by atoms with Crippen LogP contribution >= 0.6 is 11.3 Å². The highest BCUT2D eigenvalue weighted by atomic mass is 32.1. The first-order valence-electron chi connectivity index (χ1n) is 10.9. The van der Waals surface area contributed by atoms with Crippen LogP contribution in [0.4, 0.5) is 0 Å². The standard InChI is InChI=1S/C26H30N2O2S/c1-19(2)20-7-9-24(10-8-20)30-17-26(29)27-15-25(23-12-14-31-18-23)28-13-11-21-5-3-4-6-22(21)16-28/h3-10,12,14,18-19,25H,11,13,15-17H2,1-2H3,(H,27,29). The third kappa shape index (κ3) is 5.54. The molecule has 1 atom stereocenters. The van der Waals surface area contributed by atoms with Gasteiger partial charge in [0.1, 0.15) is 5.75 Å². The van der Waals surface area contributed by atoms with Gasteiger partial charge in [-0.15, -0.1) is 0 Å². The third-order valence-corrected chi connectivity index (χ3v) is 6.64. The summed E-state index contributed by atoms with van der Waals surface area (Å²) in [4.78, 5) is 15.0. The minimum Gasteiger partial charge on any atom is -0.484 e. The van der Waals surface area contributed by atoms with Gasteiger partial charge in [0, 0.05) is 19.6 Å². The Bertz CT molecular complexity index is 983. The first-order chi connectivity index (χ1) is 15.1. The lowest BCUT2D eigenvalue weighted by Crippen LogP contribution is -2.41. The van der Waals surface area contributed by atoms with Crippen LogP contribution in [-0.2, 0) is 17.8 Å². The average molecular weight is 435 g/mol. The predicted molar refractivity (Wildman–Crippen MR) is 127 cm³/mol. The Morgan fingerprint density at radius 1 is 1.06 bits per heavy atom. The first kappa shape index (κ1) is 21.6. The van der Waals surface area contributed by atoms with Crippen molar-refractivity contribution in [1.29, 1.82) is 0 Å². The molecule has 4 rings (SSSR count). The van der Waals surface area contributed by atoms with E-state index >= 15 is 0 Å². The zero-order valence-corrected chi connectivity index (χ0v) is 19.0. The minimum absolute atomic E-state index is 0.0280. The van der Waals surface area contributed by atoms with Crippen LogP contribution in [0.15, 0.2) is 65.4 Å². The van der Waals surface area contributed by atoms with Gasteiger partial charge < -0.3 is 10.1 Å². The molecular formula is C26H30N2O2S. The number of rotatable bonds is 8. The van der Waals surface area contributed by atoms with Crippen LogP contribution in [0, 0.1) is 0 Å². The number of fused-ring (bicyclic) bond motifs is 1. The molecule has 1 N–H and O–H groups in total. The normalized spacial score (nSPS) is 14.8. The summed E-state index contributed by atoms with van der Waals surface area (Å²) in [5, 5.41) is 7.38. The van der Waals surface area contributed by atoms with Crippen LogP contribution in [0.3, 0.4) is 0 Å². The summed E-state index contributed by atoms with van der Waals surface area (Å²) in [6, 6.07) is 18.9. The summed E-state index contributed by atoms with van der Waals surface area (Å²) in [6.45, 7) is 6.83. The Balaban J connectivity index is 1.34. The summed E-state index contributed by atoms with van der Waals surface area (Å²) < 4.78 is 5.69. The Kier molecular flexibility index (Phi) is 7.05. The van der Waals surface area contributed by atoms with E-state index in [1.165, 1.54) is 22.3 Å². The molecule has 1 amide bonds. The second-order valence-electron chi connectivity index (χ2n) is 8.38. The number of thiophene rings is 1. The fraction of sp³-hybridized carbons (Fsp3) is 0.346. The van der Waals surface area contributed by atoms with E-state index in [1.807, 2.05) is 12.1 Å². The van der Waals surface area contributed by atoms with Crippen molar-refractivity contribution in [3.8, 4) is 5.75 Å². The fourth-order valence-corrected chi connectivity index (χ4v) is 4.77. The van der Waals surface area contributed by atoms with Crippen molar-refractivity contribution in [2.24, 2.45) is 0 Å². The van der Waals surface area contributed by atoms with Crippen molar-refractivity contribution in [1.82, 2.24) is 10.2 Å². The van der Waals surface area contributed by atoms with Crippen molar-refractivity contribution in [3.05, 3.63) is 87.6 Å².